The lowest BCUT2D eigenvalue weighted by Gasteiger charge is -2.33. The number of sulfonamides is 1. The number of hydrogen-bond acceptors (Lipinski definition) is 4. The first-order valence-corrected chi connectivity index (χ1v) is 14.6. The van der Waals surface area contributed by atoms with E-state index in [1.807, 2.05) is 27.7 Å². The number of hydrogen-bond donors (Lipinski definition) is 1. The highest BCUT2D eigenvalue weighted by Gasteiger charge is 2.33. The van der Waals surface area contributed by atoms with Gasteiger partial charge in [-0.3, -0.25) is 13.9 Å². The topological polar surface area (TPSA) is 86.8 Å². The number of nitrogens with zero attached hydrogens (tertiary/aromatic N) is 2. The van der Waals surface area contributed by atoms with Crippen molar-refractivity contribution in [2.45, 2.75) is 57.6 Å². The Labute approximate surface area is 240 Å². The van der Waals surface area contributed by atoms with Crippen molar-refractivity contribution in [2.75, 3.05) is 10.8 Å². The Bertz CT molecular complexity index is 1400. The summed E-state index contributed by atoms with van der Waals surface area (Å²) in [5, 5.41) is 3.54. The number of carbonyl (C=O) groups excluding carboxylic acids is 2. The summed E-state index contributed by atoms with van der Waals surface area (Å²) in [4.78, 5) is 28.5. The van der Waals surface area contributed by atoms with Crippen LogP contribution in [0.15, 0.2) is 77.7 Å². The summed E-state index contributed by atoms with van der Waals surface area (Å²) in [6.45, 7) is 8.31. The second-order valence-corrected chi connectivity index (χ2v) is 13.0. The van der Waals surface area contributed by atoms with Crippen molar-refractivity contribution in [2.24, 2.45) is 0 Å². The third-order valence-corrected chi connectivity index (χ3v) is 8.48. The first-order chi connectivity index (χ1) is 18.2. The molecule has 0 saturated heterocycles. The maximum absolute atomic E-state index is 14.0. The summed E-state index contributed by atoms with van der Waals surface area (Å²) in [5.41, 5.74) is 1.12. The van der Waals surface area contributed by atoms with Crippen LogP contribution in [0.1, 0.15) is 38.8 Å². The van der Waals surface area contributed by atoms with E-state index in [9.17, 15) is 18.0 Å². The maximum Gasteiger partial charge on any atom is 0.264 e. The molecule has 3 aromatic carbocycles. The molecule has 208 valence electrons. The molecule has 0 unspecified atom stereocenters. The van der Waals surface area contributed by atoms with Gasteiger partial charge in [-0.1, -0.05) is 65.2 Å². The molecular weight excluding hydrogens is 557 g/mol. The Hall–Kier alpha value is -3.07. The summed E-state index contributed by atoms with van der Waals surface area (Å²) in [6.07, 6.45) is 0. The van der Waals surface area contributed by atoms with Gasteiger partial charge in [0.1, 0.15) is 12.6 Å². The number of rotatable bonds is 9. The smallest absolute Gasteiger partial charge is 0.264 e. The van der Waals surface area contributed by atoms with Crippen LogP contribution < -0.4 is 9.62 Å². The average Bonchev–Trinajstić information content (AvgIpc) is 2.86. The van der Waals surface area contributed by atoms with Gasteiger partial charge in [-0.05, 0) is 71.0 Å². The fourth-order valence-corrected chi connectivity index (χ4v) is 5.80. The van der Waals surface area contributed by atoms with Gasteiger partial charge in [0.25, 0.3) is 10.0 Å². The molecule has 0 radical (unpaired) electrons. The summed E-state index contributed by atoms with van der Waals surface area (Å²) in [5.74, 6) is -0.992. The molecule has 0 fully saturated rings. The predicted octanol–water partition coefficient (Wildman–Crippen LogP) is 5.83. The van der Waals surface area contributed by atoms with Gasteiger partial charge in [-0.2, -0.15) is 0 Å². The molecule has 0 heterocycles. The standard InChI is InChI=1S/C29H33Cl2N3O4S/c1-20-14-16-23(17-15-20)39(37,38)34(22-10-7-6-8-11-22)19-27(35)33(21(2)28(36)32-29(3,4)5)18-24-25(30)12-9-13-26(24)31/h6-17,21H,18-19H2,1-5H3,(H,32,36)/t21-/m0/s1. The molecule has 10 heteroatoms. The van der Waals surface area contributed by atoms with E-state index in [0.29, 0.717) is 21.3 Å². The fraction of sp³-hybridized carbons (Fsp3) is 0.310. The molecule has 2 amide bonds. The molecule has 1 N–H and O–H groups in total. The molecule has 0 aliphatic rings. The molecule has 0 aliphatic carbocycles. The van der Waals surface area contributed by atoms with E-state index < -0.39 is 40.0 Å². The number of para-hydroxylation sites is 1. The van der Waals surface area contributed by atoms with E-state index >= 15 is 0 Å². The minimum absolute atomic E-state index is 0.0453. The molecule has 0 spiro atoms. The fourth-order valence-electron chi connectivity index (χ4n) is 3.87. The third-order valence-electron chi connectivity index (χ3n) is 5.99. The Morgan fingerprint density at radius 3 is 2.00 bits per heavy atom. The Kier molecular flexibility index (Phi) is 9.69. The van der Waals surface area contributed by atoms with Gasteiger partial charge >= 0.3 is 0 Å². The Balaban J connectivity index is 2.05. The number of carbonyl (C=O) groups is 2. The molecule has 0 aliphatic heterocycles. The van der Waals surface area contributed by atoms with Crippen molar-refractivity contribution in [1.29, 1.82) is 0 Å². The number of nitrogens with one attached hydrogen (secondary N) is 1. The minimum Gasteiger partial charge on any atom is -0.350 e. The molecule has 1 atom stereocenters. The van der Waals surface area contributed by atoms with Gasteiger partial charge in [-0.25, -0.2) is 8.42 Å². The zero-order chi connectivity index (χ0) is 29.0. The van der Waals surface area contributed by atoms with Crippen LogP contribution in [-0.4, -0.2) is 43.3 Å². The summed E-state index contributed by atoms with van der Waals surface area (Å²) in [6, 6.07) is 18.8. The van der Waals surface area contributed by atoms with E-state index in [-0.39, 0.29) is 11.4 Å². The van der Waals surface area contributed by atoms with Crippen LogP contribution >= 0.6 is 23.2 Å². The van der Waals surface area contributed by atoms with Crippen molar-refractivity contribution >= 4 is 50.7 Å². The van der Waals surface area contributed by atoms with Crippen LogP contribution in [0.2, 0.25) is 10.0 Å². The number of benzene rings is 3. The number of amides is 2. The van der Waals surface area contributed by atoms with E-state index in [1.54, 1.807) is 67.6 Å². The van der Waals surface area contributed by atoms with Crippen LogP contribution in [0, 0.1) is 6.92 Å². The zero-order valence-electron chi connectivity index (χ0n) is 22.6. The first-order valence-electron chi connectivity index (χ1n) is 12.4. The lowest BCUT2D eigenvalue weighted by Crippen LogP contribution is -2.54. The highest BCUT2D eigenvalue weighted by atomic mass is 35.5. The van der Waals surface area contributed by atoms with Gasteiger partial charge in [0.2, 0.25) is 11.8 Å². The van der Waals surface area contributed by atoms with Gasteiger partial charge in [-0.15, -0.1) is 0 Å². The highest BCUT2D eigenvalue weighted by Crippen LogP contribution is 2.28. The molecular formula is C29H33Cl2N3O4S. The van der Waals surface area contributed by atoms with E-state index in [1.165, 1.54) is 17.0 Å². The van der Waals surface area contributed by atoms with Gasteiger partial charge < -0.3 is 10.2 Å². The van der Waals surface area contributed by atoms with E-state index in [2.05, 4.69) is 5.32 Å². The van der Waals surface area contributed by atoms with E-state index in [0.717, 1.165) is 9.87 Å². The molecule has 0 aromatic heterocycles. The van der Waals surface area contributed by atoms with Crippen LogP contribution in [0.5, 0.6) is 0 Å². The number of halogens is 2. The maximum atomic E-state index is 14.0. The van der Waals surface area contributed by atoms with Gasteiger partial charge in [0.05, 0.1) is 10.6 Å². The molecule has 0 saturated carbocycles. The summed E-state index contributed by atoms with van der Waals surface area (Å²) in [7, 11) is -4.13. The monoisotopic (exact) mass is 589 g/mol. The molecule has 3 aromatic rings. The minimum atomic E-state index is -4.13. The van der Waals surface area contributed by atoms with Crippen LogP contribution in [-0.2, 0) is 26.2 Å². The molecule has 39 heavy (non-hydrogen) atoms. The lowest BCUT2D eigenvalue weighted by atomic mass is 10.1. The molecule has 7 nitrogen and oxygen atoms in total. The van der Waals surface area contributed by atoms with Crippen LogP contribution in [0.25, 0.3) is 0 Å². The average molecular weight is 591 g/mol. The van der Waals surface area contributed by atoms with Crippen molar-refractivity contribution in [3.63, 3.8) is 0 Å². The first kappa shape index (κ1) is 30.5. The predicted molar refractivity (Wildman–Crippen MR) is 157 cm³/mol. The zero-order valence-corrected chi connectivity index (χ0v) is 24.9. The van der Waals surface area contributed by atoms with Crippen LogP contribution in [0.4, 0.5) is 5.69 Å². The SMILES string of the molecule is Cc1ccc(S(=O)(=O)N(CC(=O)N(Cc2c(Cl)cccc2Cl)[C@@H](C)C(=O)NC(C)(C)C)c2ccccc2)cc1. The van der Waals surface area contributed by atoms with Crippen molar-refractivity contribution in [3.05, 3.63) is 94.0 Å². The van der Waals surface area contributed by atoms with Gasteiger partial charge in [0.15, 0.2) is 0 Å². The quantitative estimate of drug-likeness (QED) is 0.340. The second-order valence-electron chi connectivity index (χ2n) is 10.3. The second kappa shape index (κ2) is 12.4. The Morgan fingerprint density at radius 2 is 1.46 bits per heavy atom. The van der Waals surface area contributed by atoms with E-state index in [4.69, 9.17) is 23.2 Å². The lowest BCUT2D eigenvalue weighted by molar-refractivity contribution is -0.140. The summed E-state index contributed by atoms with van der Waals surface area (Å²) >= 11 is 12.8. The summed E-state index contributed by atoms with van der Waals surface area (Å²) < 4.78 is 28.6. The number of aryl methyl sites for hydroxylation is 1. The van der Waals surface area contributed by atoms with Crippen molar-refractivity contribution in [1.82, 2.24) is 10.2 Å². The number of anilines is 1. The third kappa shape index (κ3) is 7.75. The van der Waals surface area contributed by atoms with Crippen molar-refractivity contribution in [3.8, 4) is 0 Å². The Morgan fingerprint density at radius 1 is 0.897 bits per heavy atom. The van der Waals surface area contributed by atoms with Crippen LogP contribution in [0.3, 0.4) is 0 Å². The van der Waals surface area contributed by atoms with Crippen molar-refractivity contribution < 1.29 is 18.0 Å². The van der Waals surface area contributed by atoms with Gasteiger partial charge in [0, 0.05) is 27.7 Å². The normalized spacial score (nSPS) is 12.5. The molecule has 3 rings (SSSR count). The largest absolute Gasteiger partial charge is 0.350 e. The highest BCUT2D eigenvalue weighted by molar-refractivity contribution is 7.92. The molecule has 0 bridgehead atoms.